The topological polar surface area (TPSA) is 188 Å². The first-order chi connectivity index (χ1) is 26.8. The first-order valence-corrected chi connectivity index (χ1v) is 21.7. The van der Waals surface area contributed by atoms with Crippen LogP contribution in [0.3, 0.4) is 0 Å². The number of hydrogen-bond donors (Lipinski definition) is 2. The van der Waals surface area contributed by atoms with Gasteiger partial charge in [-0.3, -0.25) is 18.7 Å². The molecule has 0 radical (unpaired) electrons. The van der Waals surface area contributed by atoms with Gasteiger partial charge in [-0.05, 0) is 75.1 Å². The Kier molecular flexibility index (Phi) is 13.2. The van der Waals surface area contributed by atoms with Gasteiger partial charge in [0.15, 0.2) is 5.71 Å². The zero-order chi connectivity index (χ0) is 41.8. The van der Waals surface area contributed by atoms with E-state index in [-0.39, 0.29) is 29.1 Å². The normalized spacial score (nSPS) is 20.3. The summed E-state index contributed by atoms with van der Waals surface area (Å²) in [6.45, 7) is 9.58. The molecule has 306 valence electrons. The van der Waals surface area contributed by atoms with Gasteiger partial charge in [0.2, 0.25) is 5.69 Å². The Labute approximate surface area is 334 Å². The number of nitrogens with zero attached hydrogens (tertiary/aromatic N) is 3. The van der Waals surface area contributed by atoms with E-state index in [0.717, 1.165) is 33.9 Å². The van der Waals surface area contributed by atoms with Crippen molar-refractivity contribution in [3.05, 3.63) is 95.8 Å². The molecule has 0 bridgehead atoms. The minimum absolute atomic E-state index is 0.0227. The molecule has 0 aromatic heterocycles. The highest BCUT2D eigenvalue weighted by atomic mass is 32.2. The van der Waals surface area contributed by atoms with E-state index in [0.29, 0.717) is 50.4 Å². The number of hydroxylamine groups is 2. The molecule has 2 amide bonds. The molecule has 0 spiro atoms. The third-order valence-corrected chi connectivity index (χ3v) is 12.4. The maximum absolute atomic E-state index is 12.3. The lowest BCUT2D eigenvalue weighted by molar-refractivity contribution is -0.438. The molecule has 3 heterocycles. The Balaban J connectivity index is 1.36. The summed E-state index contributed by atoms with van der Waals surface area (Å²) in [5.41, 5.74) is 3.80. The SMILES string of the molecule is CCN1/C(=C/C=C/C=C/C=C/C2=[N+](CCCCCC(=O)ON3C(=O)CCC3=O)c3ccc(S(=O)(=O)O)cc3C2(C)CCOC)C(C)(C)c2cc(S(=O)(=O)O)ccc21. The predicted molar refractivity (Wildman–Crippen MR) is 213 cm³/mol. The minimum Gasteiger partial charge on any atom is -0.385 e. The molecule has 1 saturated heterocycles. The summed E-state index contributed by atoms with van der Waals surface area (Å²) in [6.07, 6.45) is 15.7. The lowest BCUT2D eigenvalue weighted by Crippen LogP contribution is -2.33. The zero-order valence-corrected chi connectivity index (χ0v) is 34.4. The molecule has 0 saturated carbocycles. The number of imide groups is 1. The molecule has 1 fully saturated rings. The van der Waals surface area contributed by atoms with Crippen LogP contribution in [0.1, 0.15) is 83.8 Å². The van der Waals surface area contributed by atoms with Gasteiger partial charge in [0.1, 0.15) is 6.54 Å². The van der Waals surface area contributed by atoms with Crippen molar-refractivity contribution < 1.29 is 54.5 Å². The van der Waals surface area contributed by atoms with Crippen molar-refractivity contribution in [3.8, 4) is 0 Å². The van der Waals surface area contributed by atoms with Crippen molar-refractivity contribution in [3.63, 3.8) is 0 Å². The number of methoxy groups -OCH3 is 1. The van der Waals surface area contributed by atoms with E-state index in [2.05, 4.69) is 9.48 Å². The van der Waals surface area contributed by atoms with Gasteiger partial charge in [0.25, 0.3) is 32.1 Å². The number of benzene rings is 2. The van der Waals surface area contributed by atoms with Crippen LogP contribution in [-0.2, 0) is 55.0 Å². The maximum atomic E-state index is 12.3. The number of ether oxygens (including phenoxy) is 1. The van der Waals surface area contributed by atoms with Crippen LogP contribution >= 0.6 is 0 Å². The molecule has 0 aliphatic carbocycles. The fraction of sp³-hybridized carbons (Fsp3) is 0.415. The Morgan fingerprint density at radius 1 is 0.860 bits per heavy atom. The van der Waals surface area contributed by atoms with Crippen molar-refractivity contribution in [2.24, 2.45) is 0 Å². The first kappa shape index (κ1) is 43.4. The molecule has 2 N–H and O–H groups in total. The second-order valence-electron chi connectivity index (χ2n) is 14.8. The second kappa shape index (κ2) is 17.4. The number of carbonyl (C=O) groups excluding carboxylic acids is 3. The van der Waals surface area contributed by atoms with Crippen LogP contribution < -0.4 is 4.90 Å². The quantitative estimate of drug-likeness (QED) is 0.0614. The molecule has 3 aliphatic rings. The molecular formula is C41H50N3O11S2+. The van der Waals surface area contributed by atoms with Crippen LogP contribution in [0, 0.1) is 0 Å². The Morgan fingerprint density at radius 2 is 1.47 bits per heavy atom. The Morgan fingerprint density at radius 3 is 2.11 bits per heavy atom. The van der Waals surface area contributed by atoms with Crippen LogP contribution in [0.15, 0.2) is 94.4 Å². The standard InChI is InChI=1S/C41H49N3O11S2/c1-6-42-33-20-18-29(56(48,49)50)27-31(33)40(2,3)35(42)15-11-8-7-9-12-16-36-41(4,24-26-54-5)32-28-30(57(51,52)53)19-21-34(32)43(36)25-14-10-13-17-39(47)55-44-37(45)22-23-38(44)46/h7-9,11-12,15-16,18-21,27-28H,6,10,13-14,17,22-26H2,1-5H3,(H-,48,49,50,51,52,53)/p+1. The van der Waals surface area contributed by atoms with E-state index in [1.165, 1.54) is 24.3 Å². The summed E-state index contributed by atoms with van der Waals surface area (Å²) in [5.74, 6) is -1.72. The van der Waals surface area contributed by atoms with E-state index in [1.807, 2.05) is 70.2 Å². The lowest BCUT2D eigenvalue weighted by atomic mass is 9.76. The average Bonchev–Trinajstić information content (AvgIpc) is 3.67. The van der Waals surface area contributed by atoms with E-state index < -0.39 is 48.8 Å². The van der Waals surface area contributed by atoms with Crippen LogP contribution in [-0.4, -0.2) is 85.9 Å². The number of rotatable bonds is 17. The molecule has 2 aromatic rings. The summed E-state index contributed by atoms with van der Waals surface area (Å²) in [6, 6.07) is 9.20. The van der Waals surface area contributed by atoms with Gasteiger partial charge >= 0.3 is 5.97 Å². The minimum atomic E-state index is -4.48. The third kappa shape index (κ3) is 9.36. The number of unbranched alkanes of at least 4 members (excludes halogenated alkanes) is 2. The smallest absolute Gasteiger partial charge is 0.333 e. The molecule has 1 atom stereocenters. The van der Waals surface area contributed by atoms with Crippen LogP contribution in [0.25, 0.3) is 0 Å². The van der Waals surface area contributed by atoms with Crippen LogP contribution in [0.2, 0.25) is 0 Å². The monoisotopic (exact) mass is 824 g/mol. The van der Waals surface area contributed by atoms with Gasteiger partial charge in [-0.15, -0.1) is 5.06 Å². The van der Waals surface area contributed by atoms with Crippen molar-refractivity contribution in [2.45, 2.75) is 93.3 Å². The number of carbonyl (C=O) groups is 3. The summed E-state index contributed by atoms with van der Waals surface area (Å²) >= 11 is 0. The largest absolute Gasteiger partial charge is 0.385 e. The van der Waals surface area contributed by atoms with Gasteiger partial charge in [0, 0.05) is 80.4 Å². The molecule has 1 unspecified atom stereocenters. The van der Waals surface area contributed by atoms with Gasteiger partial charge < -0.3 is 14.5 Å². The van der Waals surface area contributed by atoms with E-state index >= 15 is 0 Å². The highest BCUT2D eigenvalue weighted by Crippen LogP contribution is 2.48. The molecule has 5 rings (SSSR count). The second-order valence-corrected chi connectivity index (χ2v) is 17.7. The molecule has 16 heteroatoms. The van der Waals surface area contributed by atoms with Crippen molar-refractivity contribution in [2.75, 3.05) is 31.7 Å². The van der Waals surface area contributed by atoms with Gasteiger partial charge in [-0.25, -0.2) is 4.79 Å². The fourth-order valence-electron chi connectivity index (χ4n) is 7.67. The van der Waals surface area contributed by atoms with E-state index in [4.69, 9.17) is 9.57 Å². The van der Waals surface area contributed by atoms with Crippen LogP contribution in [0.5, 0.6) is 0 Å². The maximum Gasteiger partial charge on any atom is 0.333 e. The van der Waals surface area contributed by atoms with Crippen molar-refractivity contribution >= 4 is 55.1 Å². The number of anilines is 1. The summed E-state index contributed by atoms with van der Waals surface area (Å²) < 4.78 is 75.2. The number of allylic oxidation sites excluding steroid dienone is 8. The molecule has 2 aromatic carbocycles. The number of likely N-dealkylation sites (N-methyl/N-ethyl adjacent to an activating group) is 1. The fourth-order valence-corrected chi connectivity index (χ4v) is 8.68. The number of fused-ring (bicyclic) bond motifs is 2. The first-order valence-electron chi connectivity index (χ1n) is 18.8. The highest BCUT2D eigenvalue weighted by Gasteiger charge is 2.48. The van der Waals surface area contributed by atoms with Crippen molar-refractivity contribution in [1.29, 1.82) is 0 Å². The molecule has 57 heavy (non-hydrogen) atoms. The predicted octanol–water partition coefficient (Wildman–Crippen LogP) is 6.11. The number of amides is 2. The zero-order valence-electron chi connectivity index (χ0n) is 32.8. The Hall–Kier alpha value is -4.74. The molecule has 3 aliphatic heterocycles. The average molecular weight is 825 g/mol. The van der Waals surface area contributed by atoms with Crippen LogP contribution in [0.4, 0.5) is 11.4 Å². The molecular weight excluding hydrogens is 775 g/mol. The summed E-state index contributed by atoms with van der Waals surface area (Å²) in [5, 5.41) is 0.543. The highest BCUT2D eigenvalue weighted by molar-refractivity contribution is 7.86. The van der Waals surface area contributed by atoms with Gasteiger partial charge in [-0.2, -0.15) is 21.4 Å². The molecule has 14 nitrogen and oxygen atoms in total. The van der Waals surface area contributed by atoms with Gasteiger partial charge in [0.05, 0.1) is 15.2 Å². The number of hydrogen-bond acceptors (Lipinski definition) is 10. The van der Waals surface area contributed by atoms with Crippen molar-refractivity contribution in [1.82, 2.24) is 5.06 Å². The van der Waals surface area contributed by atoms with E-state index in [9.17, 15) is 40.3 Å². The third-order valence-electron chi connectivity index (χ3n) is 10.7. The van der Waals surface area contributed by atoms with E-state index in [1.54, 1.807) is 19.2 Å². The van der Waals surface area contributed by atoms with Gasteiger partial charge in [-0.1, -0.05) is 44.2 Å². The Bertz CT molecular complexity index is 2290. The lowest BCUT2D eigenvalue weighted by Gasteiger charge is -2.25. The summed E-state index contributed by atoms with van der Waals surface area (Å²) in [4.78, 5) is 42.7. The summed E-state index contributed by atoms with van der Waals surface area (Å²) in [7, 11) is -7.24.